The molecule has 0 aliphatic carbocycles. The maximum absolute atomic E-state index is 12.7. The van der Waals surface area contributed by atoms with Gasteiger partial charge in [-0.25, -0.2) is 4.98 Å². The summed E-state index contributed by atoms with van der Waals surface area (Å²) in [6.07, 6.45) is 5.36. The van der Waals surface area contributed by atoms with E-state index in [9.17, 15) is 4.79 Å². The number of hydrogen-bond acceptors (Lipinski definition) is 3. The Morgan fingerprint density at radius 1 is 1.18 bits per heavy atom. The summed E-state index contributed by atoms with van der Waals surface area (Å²) in [5, 5.41) is 0. The van der Waals surface area contributed by atoms with Crippen LogP contribution in [0.2, 0.25) is 0 Å². The van der Waals surface area contributed by atoms with E-state index in [1.165, 1.54) is 0 Å². The molecule has 0 saturated carbocycles. The highest BCUT2D eigenvalue weighted by Gasteiger charge is 2.23. The van der Waals surface area contributed by atoms with Crippen molar-refractivity contribution in [3.8, 4) is 5.69 Å². The van der Waals surface area contributed by atoms with Crippen LogP contribution in [-0.4, -0.2) is 57.5 Å². The van der Waals surface area contributed by atoms with Crippen LogP contribution in [0.1, 0.15) is 24.2 Å². The summed E-state index contributed by atoms with van der Waals surface area (Å²) in [5.41, 5.74) is 1.70. The zero-order valence-corrected chi connectivity index (χ0v) is 13.1. The van der Waals surface area contributed by atoms with Gasteiger partial charge in [0.25, 0.3) is 5.91 Å². The van der Waals surface area contributed by atoms with Crippen molar-refractivity contribution in [3.05, 3.63) is 48.5 Å². The van der Waals surface area contributed by atoms with Gasteiger partial charge in [0.15, 0.2) is 0 Å². The van der Waals surface area contributed by atoms with Crippen molar-refractivity contribution in [2.24, 2.45) is 0 Å². The minimum Gasteiger partial charge on any atom is -0.336 e. The van der Waals surface area contributed by atoms with Crippen molar-refractivity contribution in [1.29, 1.82) is 0 Å². The molecule has 0 radical (unpaired) electrons. The van der Waals surface area contributed by atoms with Gasteiger partial charge in [-0.15, -0.1) is 0 Å². The largest absolute Gasteiger partial charge is 0.336 e. The average molecular weight is 298 g/mol. The molecular formula is C17H22N4O. The molecule has 5 nitrogen and oxygen atoms in total. The second-order valence-corrected chi connectivity index (χ2v) is 5.94. The van der Waals surface area contributed by atoms with Gasteiger partial charge in [-0.2, -0.15) is 0 Å². The third kappa shape index (κ3) is 3.04. The Bertz CT molecular complexity index is 628. The summed E-state index contributed by atoms with van der Waals surface area (Å²) in [7, 11) is 0. The standard InChI is InChI=1S/C17H22N4O/c1-14(2)19-8-10-20(11-9-19)17(22)15-4-3-5-16(12-15)21-7-6-18-13-21/h3-7,12-14H,8-11H2,1-2H3. The zero-order chi connectivity index (χ0) is 15.5. The number of carbonyl (C=O) groups excluding carboxylic acids is 1. The van der Waals surface area contributed by atoms with Gasteiger partial charge < -0.3 is 9.47 Å². The lowest BCUT2D eigenvalue weighted by atomic mass is 10.1. The Balaban J connectivity index is 1.72. The van der Waals surface area contributed by atoms with Crippen molar-refractivity contribution >= 4 is 5.91 Å². The summed E-state index contributed by atoms with van der Waals surface area (Å²) >= 11 is 0. The fraction of sp³-hybridized carbons (Fsp3) is 0.412. The number of amides is 1. The van der Waals surface area contributed by atoms with E-state index in [2.05, 4.69) is 23.7 Å². The average Bonchev–Trinajstić information content (AvgIpc) is 3.09. The first-order valence-corrected chi connectivity index (χ1v) is 7.77. The topological polar surface area (TPSA) is 41.4 Å². The molecule has 1 aliphatic rings. The summed E-state index contributed by atoms with van der Waals surface area (Å²) in [5.74, 6) is 0.116. The van der Waals surface area contributed by atoms with Gasteiger partial charge in [0.05, 0.1) is 6.33 Å². The molecule has 2 heterocycles. The van der Waals surface area contributed by atoms with E-state index >= 15 is 0 Å². The molecule has 0 spiro atoms. The predicted molar refractivity (Wildman–Crippen MR) is 86.2 cm³/mol. The minimum atomic E-state index is 0.116. The van der Waals surface area contributed by atoms with Gasteiger partial charge in [0, 0.05) is 55.9 Å². The molecule has 0 N–H and O–H groups in total. The first kappa shape index (κ1) is 14.8. The molecule has 0 unspecified atom stereocenters. The highest BCUT2D eigenvalue weighted by atomic mass is 16.2. The third-order valence-corrected chi connectivity index (χ3v) is 4.23. The predicted octanol–water partition coefficient (Wildman–Crippen LogP) is 2.04. The lowest BCUT2D eigenvalue weighted by molar-refractivity contribution is 0.0595. The molecule has 2 aromatic rings. The van der Waals surface area contributed by atoms with Crippen LogP contribution < -0.4 is 0 Å². The van der Waals surface area contributed by atoms with Crippen LogP contribution in [0, 0.1) is 0 Å². The molecule has 0 bridgehead atoms. The Labute approximate surface area is 131 Å². The summed E-state index contributed by atoms with van der Waals surface area (Å²) in [6.45, 7) is 7.89. The molecule has 1 aromatic heterocycles. The highest BCUT2D eigenvalue weighted by molar-refractivity contribution is 5.94. The Hall–Kier alpha value is -2.14. The fourth-order valence-corrected chi connectivity index (χ4v) is 2.84. The number of hydrogen-bond donors (Lipinski definition) is 0. The quantitative estimate of drug-likeness (QED) is 0.871. The van der Waals surface area contributed by atoms with E-state index in [0.29, 0.717) is 6.04 Å². The first-order valence-electron chi connectivity index (χ1n) is 7.77. The van der Waals surface area contributed by atoms with E-state index in [-0.39, 0.29) is 5.91 Å². The highest BCUT2D eigenvalue weighted by Crippen LogP contribution is 2.14. The molecule has 5 heteroatoms. The Morgan fingerprint density at radius 2 is 1.95 bits per heavy atom. The molecule has 1 saturated heterocycles. The van der Waals surface area contributed by atoms with Gasteiger partial charge in [-0.05, 0) is 32.0 Å². The Morgan fingerprint density at radius 3 is 2.59 bits per heavy atom. The van der Waals surface area contributed by atoms with Crippen molar-refractivity contribution in [3.63, 3.8) is 0 Å². The van der Waals surface area contributed by atoms with Crippen molar-refractivity contribution in [1.82, 2.24) is 19.4 Å². The molecule has 0 atom stereocenters. The second-order valence-electron chi connectivity index (χ2n) is 5.94. The van der Waals surface area contributed by atoms with Crippen LogP contribution in [0.3, 0.4) is 0 Å². The molecule has 3 rings (SSSR count). The second kappa shape index (κ2) is 6.32. The fourth-order valence-electron chi connectivity index (χ4n) is 2.84. The van der Waals surface area contributed by atoms with E-state index in [1.54, 1.807) is 12.5 Å². The van der Waals surface area contributed by atoms with E-state index in [1.807, 2.05) is 39.9 Å². The molecule has 1 amide bonds. The SMILES string of the molecule is CC(C)N1CCN(C(=O)c2cccc(-n3ccnc3)c2)CC1. The monoisotopic (exact) mass is 298 g/mol. The van der Waals surface area contributed by atoms with Crippen molar-refractivity contribution < 1.29 is 4.79 Å². The number of piperazine rings is 1. The maximum atomic E-state index is 12.7. The van der Waals surface area contributed by atoms with Crippen molar-refractivity contribution in [2.45, 2.75) is 19.9 Å². The molecular weight excluding hydrogens is 276 g/mol. The Kier molecular flexibility index (Phi) is 4.24. The van der Waals surface area contributed by atoms with Gasteiger partial charge >= 0.3 is 0 Å². The number of aromatic nitrogens is 2. The van der Waals surface area contributed by atoms with E-state index < -0.39 is 0 Å². The van der Waals surface area contributed by atoms with Gasteiger partial charge in [0.2, 0.25) is 0 Å². The van der Waals surface area contributed by atoms with Gasteiger partial charge in [-0.1, -0.05) is 6.07 Å². The van der Waals surface area contributed by atoms with E-state index in [4.69, 9.17) is 0 Å². The summed E-state index contributed by atoms with van der Waals surface area (Å²) < 4.78 is 1.91. The molecule has 1 aromatic carbocycles. The number of carbonyl (C=O) groups is 1. The van der Waals surface area contributed by atoms with Crippen molar-refractivity contribution in [2.75, 3.05) is 26.2 Å². The smallest absolute Gasteiger partial charge is 0.254 e. The first-order chi connectivity index (χ1) is 10.6. The lowest BCUT2D eigenvalue weighted by Crippen LogP contribution is -2.50. The number of benzene rings is 1. The van der Waals surface area contributed by atoms with E-state index in [0.717, 1.165) is 37.4 Å². The number of nitrogens with zero attached hydrogens (tertiary/aromatic N) is 4. The summed E-state index contributed by atoms with van der Waals surface area (Å²) in [6, 6.07) is 8.26. The van der Waals surface area contributed by atoms with Crippen LogP contribution >= 0.6 is 0 Å². The lowest BCUT2D eigenvalue weighted by Gasteiger charge is -2.37. The number of rotatable bonds is 3. The van der Waals surface area contributed by atoms with Gasteiger partial charge in [0.1, 0.15) is 0 Å². The van der Waals surface area contributed by atoms with Crippen LogP contribution in [0.5, 0.6) is 0 Å². The molecule has 22 heavy (non-hydrogen) atoms. The zero-order valence-electron chi connectivity index (χ0n) is 13.1. The van der Waals surface area contributed by atoms with Gasteiger partial charge in [-0.3, -0.25) is 9.69 Å². The van der Waals surface area contributed by atoms with Crippen LogP contribution in [-0.2, 0) is 0 Å². The minimum absolute atomic E-state index is 0.116. The van der Waals surface area contributed by atoms with Crippen LogP contribution in [0.4, 0.5) is 0 Å². The number of imidazole rings is 1. The maximum Gasteiger partial charge on any atom is 0.254 e. The van der Waals surface area contributed by atoms with Crippen LogP contribution in [0.15, 0.2) is 43.0 Å². The summed E-state index contributed by atoms with van der Waals surface area (Å²) in [4.78, 5) is 21.1. The molecule has 1 fully saturated rings. The molecule has 116 valence electrons. The third-order valence-electron chi connectivity index (χ3n) is 4.23. The molecule has 1 aliphatic heterocycles. The normalized spacial score (nSPS) is 16.2. The van der Waals surface area contributed by atoms with Crippen LogP contribution in [0.25, 0.3) is 5.69 Å².